The number of amides is 1. The normalized spacial score (nSPS) is 15.5. The van der Waals surface area contributed by atoms with Crippen molar-refractivity contribution in [3.63, 3.8) is 0 Å². The number of hydrogen-bond acceptors (Lipinski definition) is 3. The molecule has 5 heteroatoms. The van der Waals surface area contributed by atoms with Crippen LogP contribution in [-0.2, 0) is 6.54 Å². The fourth-order valence-corrected chi connectivity index (χ4v) is 3.31. The molecule has 0 unspecified atom stereocenters. The number of carbonyl (C=O) groups is 1. The van der Waals surface area contributed by atoms with Crippen LogP contribution in [0.15, 0.2) is 18.2 Å². The fraction of sp³-hybridized carbons (Fsp3) is 0.526. The van der Waals surface area contributed by atoms with Gasteiger partial charge < -0.3 is 19.7 Å². The van der Waals surface area contributed by atoms with Gasteiger partial charge >= 0.3 is 0 Å². The van der Waals surface area contributed by atoms with Gasteiger partial charge in [0.15, 0.2) is 0 Å². The number of aliphatic hydroxyl groups excluding tert-OH is 1. The topological polar surface area (TPSA) is 63.5 Å². The predicted molar refractivity (Wildman–Crippen MR) is 94.6 cm³/mol. The number of nitrogens with one attached hydrogen (secondary N) is 1. The second kappa shape index (κ2) is 6.48. The molecule has 2 N–H and O–H groups in total. The van der Waals surface area contributed by atoms with E-state index in [1.165, 1.54) is 0 Å². The van der Waals surface area contributed by atoms with E-state index in [4.69, 9.17) is 4.74 Å². The quantitative estimate of drug-likeness (QED) is 0.820. The first kappa shape index (κ1) is 16.8. The number of benzene rings is 1. The molecule has 0 aliphatic heterocycles. The molecule has 0 atom stereocenters. The first-order valence-electron chi connectivity index (χ1n) is 8.61. The first-order valence-corrected chi connectivity index (χ1v) is 8.61. The molecule has 130 valence electrons. The molecule has 1 heterocycles. The Morgan fingerprint density at radius 1 is 1.42 bits per heavy atom. The lowest BCUT2D eigenvalue weighted by Gasteiger charge is -2.13. The number of aliphatic hydroxyl groups is 1. The molecule has 1 aromatic carbocycles. The molecule has 1 aliphatic carbocycles. The minimum atomic E-state index is -0.0942. The van der Waals surface area contributed by atoms with Crippen LogP contribution in [0.25, 0.3) is 10.9 Å². The summed E-state index contributed by atoms with van der Waals surface area (Å²) >= 11 is 0. The van der Waals surface area contributed by atoms with Crippen molar-refractivity contribution < 1.29 is 14.6 Å². The molecule has 5 nitrogen and oxygen atoms in total. The molecule has 0 radical (unpaired) electrons. The van der Waals surface area contributed by atoms with Crippen molar-refractivity contribution in [1.29, 1.82) is 0 Å². The zero-order valence-electron chi connectivity index (χ0n) is 14.7. The van der Waals surface area contributed by atoms with Gasteiger partial charge in [-0.05, 0) is 44.4 Å². The van der Waals surface area contributed by atoms with Gasteiger partial charge in [-0.3, -0.25) is 4.79 Å². The monoisotopic (exact) mass is 330 g/mol. The number of rotatable bonds is 7. The first-order chi connectivity index (χ1) is 11.5. The third-order valence-electron chi connectivity index (χ3n) is 5.12. The van der Waals surface area contributed by atoms with Crippen LogP contribution in [0.2, 0.25) is 0 Å². The summed E-state index contributed by atoms with van der Waals surface area (Å²) in [6.07, 6.45) is 2.97. The number of carbonyl (C=O) groups excluding carboxylic acids is 1. The van der Waals surface area contributed by atoms with Gasteiger partial charge in [0, 0.05) is 35.1 Å². The minimum absolute atomic E-state index is 0.0691. The smallest absolute Gasteiger partial charge is 0.253 e. The Labute approximate surface area is 142 Å². The molecular formula is C19H26N2O3. The fourth-order valence-electron chi connectivity index (χ4n) is 3.31. The van der Waals surface area contributed by atoms with Gasteiger partial charge in [-0.25, -0.2) is 0 Å². The van der Waals surface area contributed by atoms with E-state index in [0.29, 0.717) is 12.1 Å². The largest absolute Gasteiger partial charge is 0.497 e. The zero-order chi connectivity index (χ0) is 17.3. The van der Waals surface area contributed by atoms with Crippen LogP contribution in [0.3, 0.4) is 0 Å². The van der Waals surface area contributed by atoms with Crippen LogP contribution < -0.4 is 10.1 Å². The van der Waals surface area contributed by atoms with E-state index in [1.807, 2.05) is 25.1 Å². The van der Waals surface area contributed by atoms with E-state index < -0.39 is 0 Å². The summed E-state index contributed by atoms with van der Waals surface area (Å²) in [7, 11) is 1.63. The molecule has 1 amide bonds. The number of methoxy groups -OCH3 is 1. The molecule has 24 heavy (non-hydrogen) atoms. The van der Waals surface area contributed by atoms with Crippen molar-refractivity contribution in [2.24, 2.45) is 5.41 Å². The number of ether oxygens (including phenoxy) is 1. The van der Waals surface area contributed by atoms with Gasteiger partial charge in [0.1, 0.15) is 5.75 Å². The second-order valence-corrected chi connectivity index (χ2v) is 6.84. The van der Waals surface area contributed by atoms with Crippen molar-refractivity contribution in [1.82, 2.24) is 9.88 Å². The molecule has 0 saturated heterocycles. The SMILES string of the molecule is CCCn1c(C)c(C(=O)NCC2(CO)CC2)c2cc(OC)ccc21. The van der Waals surface area contributed by atoms with E-state index in [1.54, 1.807) is 7.11 Å². The summed E-state index contributed by atoms with van der Waals surface area (Å²) in [6.45, 7) is 5.68. The Morgan fingerprint density at radius 2 is 2.17 bits per heavy atom. The van der Waals surface area contributed by atoms with Gasteiger partial charge in [-0.2, -0.15) is 0 Å². The lowest BCUT2D eigenvalue weighted by Crippen LogP contribution is -2.32. The maximum absolute atomic E-state index is 12.8. The van der Waals surface area contributed by atoms with Crippen LogP contribution >= 0.6 is 0 Å². The van der Waals surface area contributed by atoms with Crippen LogP contribution in [-0.4, -0.2) is 35.8 Å². The molecule has 0 bridgehead atoms. The molecule has 1 aliphatic rings. The Morgan fingerprint density at radius 3 is 2.75 bits per heavy atom. The average Bonchev–Trinajstić information content (AvgIpc) is 3.33. The number of aromatic nitrogens is 1. The van der Waals surface area contributed by atoms with Crippen molar-refractivity contribution in [2.75, 3.05) is 20.3 Å². The van der Waals surface area contributed by atoms with Gasteiger partial charge in [0.05, 0.1) is 19.3 Å². The maximum atomic E-state index is 12.8. The van der Waals surface area contributed by atoms with Crippen molar-refractivity contribution in [3.8, 4) is 5.75 Å². The van der Waals surface area contributed by atoms with Crippen molar-refractivity contribution >= 4 is 16.8 Å². The molecular weight excluding hydrogens is 304 g/mol. The van der Waals surface area contributed by atoms with Gasteiger partial charge in [0.25, 0.3) is 5.91 Å². The summed E-state index contributed by atoms with van der Waals surface area (Å²) in [5, 5.41) is 13.4. The van der Waals surface area contributed by atoms with Gasteiger partial charge in [-0.15, -0.1) is 0 Å². The lowest BCUT2D eigenvalue weighted by molar-refractivity contribution is 0.0936. The third-order valence-corrected chi connectivity index (χ3v) is 5.12. The molecule has 3 rings (SSSR count). The minimum Gasteiger partial charge on any atom is -0.497 e. The zero-order valence-corrected chi connectivity index (χ0v) is 14.7. The molecule has 0 spiro atoms. The highest BCUT2D eigenvalue weighted by atomic mass is 16.5. The summed E-state index contributed by atoms with van der Waals surface area (Å²) in [5.74, 6) is 0.680. The number of nitrogens with zero attached hydrogens (tertiary/aromatic N) is 1. The van der Waals surface area contributed by atoms with Crippen LogP contribution in [0.4, 0.5) is 0 Å². The van der Waals surface area contributed by atoms with Crippen molar-refractivity contribution in [2.45, 2.75) is 39.7 Å². The number of hydrogen-bond donors (Lipinski definition) is 2. The van der Waals surface area contributed by atoms with E-state index in [-0.39, 0.29) is 17.9 Å². The van der Waals surface area contributed by atoms with Gasteiger partial charge in [-0.1, -0.05) is 6.92 Å². The van der Waals surface area contributed by atoms with E-state index >= 15 is 0 Å². The van der Waals surface area contributed by atoms with E-state index in [0.717, 1.165) is 48.2 Å². The molecule has 1 fully saturated rings. The summed E-state index contributed by atoms with van der Waals surface area (Å²) in [6, 6.07) is 5.88. The Balaban J connectivity index is 1.98. The van der Waals surface area contributed by atoms with E-state index in [9.17, 15) is 9.90 Å². The highest BCUT2D eigenvalue weighted by molar-refractivity contribution is 6.08. The second-order valence-electron chi connectivity index (χ2n) is 6.84. The molecule has 1 aromatic heterocycles. The predicted octanol–water partition coefficient (Wildman–Crippen LogP) is 2.87. The summed E-state index contributed by atoms with van der Waals surface area (Å²) in [4.78, 5) is 12.8. The Kier molecular flexibility index (Phi) is 4.54. The van der Waals surface area contributed by atoms with E-state index in [2.05, 4.69) is 16.8 Å². The third kappa shape index (κ3) is 2.88. The maximum Gasteiger partial charge on any atom is 0.253 e. The summed E-state index contributed by atoms with van der Waals surface area (Å²) in [5.41, 5.74) is 2.66. The standard InChI is InChI=1S/C19H26N2O3/c1-4-9-21-13(2)17(15-10-14(24-3)5-6-16(15)21)18(23)20-11-19(12-22)7-8-19/h5-6,10,22H,4,7-9,11-12H2,1-3H3,(H,20,23). The lowest BCUT2D eigenvalue weighted by atomic mass is 10.1. The van der Waals surface area contributed by atoms with Crippen LogP contribution in [0.5, 0.6) is 5.75 Å². The molecule has 1 saturated carbocycles. The van der Waals surface area contributed by atoms with Crippen molar-refractivity contribution in [3.05, 3.63) is 29.5 Å². The van der Waals surface area contributed by atoms with Gasteiger partial charge in [0.2, 0.25) is 0 Å². The Bertz CT molecular complexity index is 760. The average molecular weight is 330 g/mol. The number of fused-ring (bicyclic) bond motifs is 1. The highest BCUT2D eigenvalue weighted by Gasteiger charge is 2.42. The summed E-state index contributed by atoms with van der Waals surface area (Å²) < 4.78 is 7.53. The Hall–Kier alpha value is -2.01. The highest BCUT2D eigenvalue weighted by Crippen LogP contribution is 2.44. The number of aryl methyl sites for hydroxylation is 1. The molecule has 2 aromatic rings. The van der Waals surface area contributed by atoms with Crippen LogP contribution in [0, 0.1) is 12.3 Å². The van der Waals surface area contributed by atoms with Crippen LogP contribution in [0.1, 0.15) is 42.2 Å².